The minimum Gasteiger partial charge on any atom is -0.378 e. The van der Waals surface area contributed by atoms with Crippen molar-refractivity contribution in [3.05, 3.63) is 29.8 Å². The molecule has 0 aromatic heterocycles. The Hall–Kier alpha value is -1.55. The summed E-state index contributed by atoms with van der Waals surface area (Å²) in [6.45, 7) is 5.46. The average Bonchev–Trinajstić information content (AvgIpc) is 3.08. The molecule has 1 aromatic rings. The van der Waals surface area contributed by atoms with Crippen molar-refractivity contribution < 1.29 is 9.53 Å². The normalized spacial score (nSPS) is 19.0. The maximum Gasteiger partial charge on any atom is 0.222 e. The number of hydrogen-bond donors (Lipinski definition) is 0. The molecule has 3 rings (SSSR count). The summed E-state index contributed by atoms with van der Waals surface area (Å²) in [6.07, 6.45) is 3.82. The van der Waals surface area contributed by atoms with Gasteiger partial charge in [0.15, 0.2) is 0 Å². The lowest BCUT2D eigenvalue weighted by Crippen LogP contribution is -2.36. The molecule has 0 spiro atoms. The molecule has 114 valence electrons. The van der Waals surface area contributed by atoms with Crippen LogP contribution in [0.5, 0.6) is 0 Å². The van der Waals surface area contributed by atoms with E-state index in [2.05, 4.69) is 29.2 Å². The van der Waals surface area contributed by atoms with E-state index in [1.54, 1.807) is 0 Å². The number of nitrogens with zero attached hydrogens (tertiary/aromatic N) is 2. The van der Waals surface area contributed by atoms with E-state index in [-0.39, 0.29) is 0 Å². The van der Waals surface area contributed by atoms with Crippen molar-refractivity contribution in [1.82, 2.24) is 4.90 Å². The zero-order valence-electron chi connectivity index (χ0n) is 12.6. The van der Waals surface area contributed by atoms with Crippen LogP contribution >= 0.6 is 0 Å². The smallest absolute Gasteiger partial charge is 0.222 e. The largest absolute Gasteiger partial charge is 0.378 e. The van der Waals surface area contributed by atoms with Crippen molar-refractivity contribution in [3.63, 3.8) is 0 Å². The predicted molar refractivity (Wildman–Crippen MR) is 83.6 cm³/mol. The fourth-order valence-corrected chi connectivity index (χ4v) is 3.07. The van der Waals surface area contributed by atoms with E-state index in [9.17, 15) is 4.79 Å². The van der Waals surface area contributed by atoms with E-state index in [0.29, 0.717) is 12.3 Å². The van der Waals surface area contributed by atoms with Gasteiger partial charge in [-0.05, 0) is 37.0 Å². The van der Waals surface area contributed by atoms with Gasteiger partial charge in [0, 0.05) is 38.3 Å². The summed E-state index contributed by atoms with van der Waals surface area (Å²) in [5.41, 5.74) is 2.51. The Kier molecular flexibility index (Phi) is 4.76. The zero-order chi connectivity index (χ0) is 14.5. The highest BCUT2D eigenvalue weighted by Gasteiger charge is 2.17. The Morgan fingerprint density at radius 2 is 1.67 bits per heavy atom. The lowest BCUT2D eigenvalue weighted by atomic mass is 10.1. The molecule has 0 saturated carbocycles. The Morgan fingerprint density at radius 3 is 2.33 bits per heavy atom. The van der Waals surface area contributed by atoms with Gasteiger partial charge in [0.05, 0.1) is 13.2 Å². The van der Waals surface area contributed by atoms with Crippen LogP contribution in [0, 0.1) is 0 Å². The molecular formula is C17H24N2O2. The van der Waals surface area contributed by atoms with Gasteiger partial charge in [0.25, 0.3) is 0 Å². The number of anilines is 1. The molecule has 2 heterocycles. The molecule has 4 heteroatoms. The molecule has 1 aromatic carbocycles. The number of ether oxygens (including phenoxy) is 1. The highest BCUT2D eigenvalue weighted by molar-refractivity contribution is 5.76. The van der Waals surface area contributed by atoms with Gasteiger partial charge in [-0.15, -0.1) is 0 Å². The standard InChI is InChI=1S/C17H24N2O2/c20-17(19-9-1-2-10-19)8-5-15-3-6-16(7-4-15)18-11-13-21-14-12-18/h3-4,6-7H,1-2,5,8-14H2. The first-order chi connectivity index (χ1) is 10.3. The summed E-state index contributed by atoms with van der Waals surface area (Å²) in [5.74, 6) is 0.310. The molecule has 2 saturated heterocycles. The van der Waals surface area contributed by atoms with Crippen LogP contribution < -0.4 is 4.90 Å². The lowest BCUT2D eigenvalue weighted by molar-refractivity contribution is -0.130. The van der Waals surface area contributed by atoms with E-state index in [1.165, 1.54) is 24.1 Å². The maximum absolute atomic E-state index is 12.0. The fraction of sp³-hybridized carbons (Fsp3) is 0.588. The van der Waals surface area contributed by atoms with Crippen molar-refractivity contribution in [3.8, 4) is 0 Å². The minimum absolute atomic E-state index is 0.310. The number of hydrogen-bond acceptors (Lipinski definition) is 3. The van der Waals surface area contributed by atoms with Gasteiger partial charge in [-0.25, -0.2) is 0 Å². The van der Waals surface area contributed by atoms with Gasteiger partial charge >= 0.3 is 0 Å². The van der Waals surface area contributed by atoms with Crippen LogP contribution in [0.3, 0.4) is 0 Å². The highest BCUT2D eigenvalue weighted by atomic mass is 16.5. The number of carbonyl (C=O) groups is 1. The van der Waals surface area contributed by atoms with Crippen molar-refractivity contribution in [1.29, 1.82) is 0 Å². The molecule has 1 amide bonds. The third-order valence-electron chi connectivity index (χ3n) is 4.40. The molecular weight excluding hydrogens is 264 g/mol. The second-order valence-electron chi connectivity index (χ2n) is 5.85. The highest BCUT2D eigenvalue weighted by Crippen LogP contribution is 2.18. The van der Waals surface area contributed by atoms with Gasteiger partial charge in [-0.3, -0.25) is 4.79 Å². The molecule has 0 radical (unpaired) electrons. The van der Waals surface area contributed by atoms with Crippen LogP contribution in [-0.4, -0.2) is 50.2 Å². The third kappa shape index (κ3) is 3.76. The summed E-state index contributed by atoms with van der Waals surface area (Å²) in [5, 5.41) is 0. The second-order valence-corrected chi connectivity index (χ2v) is 5.85. The maximum atomic E-state index is 12.0. The Morgan fingerprint density at radius 1 is 1.00 bits per heavy atom. The summed E-state index contributed by atoms with van der Waals surface area (Å²) >= 11 is 0. The van der Waals surface area contributed by atoms with Gasteiger partial charge in [0.1, 0.15) is 0 Å². The molecule has 2 aliphatic heterocycles. The third-order valence-corrected chi connectivity index (χ3v) is 4.40. The molecule has 0 unspecified atom stereocenters. The van der Waals surface area contributed by atoms with Gasteiger partial charge in [0.2, 0.25) is 5.91 Å². The number of aryl methyl sites for hydroxylation is 1. The number of morpholine rings is 1. The zero-order valence-corrected chi connectivity index (χ0v) is 12.6. The van der Waals surface area contributed by atoms with Crippen LogP contribution in [0.1, 0.15) is 24.8 Å². The van der Waals surface area contributed by atoms with E-state index < -0.39 is 0 Å². The molecule has 2 fully saturated rings. The van der Waals surface area contributed by atoms with Crippen LogP contribution in [0.2, 0.25) is 0 Å². The molecule has 2 aliphatic rings. The Balaban J connectivity index is 1.50. The molecule has 4 nitrogen and oxygen atoms in total. The van der Waals surface area contributed by atoms with Gasteiger partial charge in [-0.2, -0.15) is 0 Å². The number of amides is 1. The molecule has 0 bridgehead atoms. The summed E-state index contributed by atoms with van der Waals surface area (Å²) in [6, 6.07) is 8.64. The first-order valence-corrected chi connectivity index (χ1v) is 8.02. The molecule has 0 aliphatic carbocycles. The van der Waals surface area contributed by atoms with Crippen LogP contribution in [0.15, 0.2) is 24.3 Å². The van der Waals surface area contributed by atoms with Crippen LogP contribution in [0.25, 0.3) is 0 Å². The number of rotatable bonds is 4. The summed E-state index contributed by atoms with van der Waals surface area (Å²) in [7, 11) is 0. The Labute approximate surface area is 126 Å². The number of carbonyl (C=O) groups excluding carboxylic acids is 1. The first kappa shape index (κ1) is 14.4. The Bertz CT molecular complexity index is 460. The minimum atomic E-state index is 0.310. The van der Waals surface area contributed by atoms with E-state index in [0.717, 1.165) is 45.8 Å². The molecule has 0 atom stereocenters. The second kappa shape index (κ2) is 6.94. The van der Waals surface area contributed by atoms with Crippen molar-refractivity contribution in [2.75, 3.05) is 44.3 Å². The van der Waals surface area contributed by atoms with E-state index in [1.807, 2.05) is 4.90 Å². The fourth-order valence-electron chi connectivity index (χ4n) is 3.07. The van der Waals surface area contributed by atoms with Crippen molar-refractivity contribution in [2.24, 2.45) is 0 Å². The van der Waals surface area contributed by atoms with Gasteiger partial charge in [-0.1, -0.05) is 12.1 Å². The SMILES string of the molecule is O=C(CCc1ccc(N2CCOCC2)cc1)N1CCCC1. The quantitative estimate of drug-likeness (QED) is 0.850. The van der Waals surface area contributed by atoms with Crippen LogP contribution in [0.4, 0.5) is 5.69 Å². The number of likely N-dealkylation sites (tertiary alicyclic amines) is 1. The predicted octanol–water partition coefficient (Wildman–Crippen LogP) is 2.08. The van der Waals surface area contributed by atoms with Crippen molar-refractivity contribution >= 4 is 11.6 Å². The van der Waals surface area contributed by atoms with Crippen molar-refractivity contribution in [2.45, 2.75) is 25.7 Å². The van der Waals surface area contributed by atoms with Gasteiger partial charge < -0.3 is 14.5 Å². The average molecular weight is 288 g/mol. The summed E-state index contributed by atoms with van der Waals surface area (Å²) < 4.78 is 5.37. The lowest BCUT2D eigenvalue weighted by Gasteiger charge is -2.28. The van der Waals surface area contributed by atoms with E-state index >= 15 is 0 Å². The molecule has 0 N–H and O–H groups in total. The summed E-state index contributed by atoms with van der Waals surface area (Å²) in [4.78, 5) is 16.4. The monoisotopic (exact) mass is 288 g/mol. The topological polar surface area (TPSA) is 32.8 Å². The van der Waals surface area contributed by atoms with Crippen LogP contribution in [-0.2, 0) is 16.0 Å². The number of benzene rings is 1. The molecule has 21 heavy (non-hydrogen) atoms. The van der Waals surface area contributed by atoms with E-state index in [4.69, 9.17) is 4.74 Å². The first-order valence-electron chi connectivity index (χ1n) is 8.02.